The third kappa shape index (κ3) is 2.44. The van der Waals surface area contributed by atoms with E-state index in [0.29, 0.717) is 0 Å². The highest BCUT2D eigenvalue weighted by Crippen LogP contribution is 2.36. The molecule has 0 aliphatic heterocycles. The Bertz CT molecular complexity index is 74.6. The van der Waals surface area contributed by atoms with Crippen LogP contribution in [0, 0.1) is 5.92 Å². The van der Waals surface area contributed by atoms with E-state index < -0.39 is 0 Å². The van der Waals surface area contributed by atoms with Crippen LogP contribution in [0.1, 0.15) is 39.0 Å². The Kier molecular flexibility index (Phi) is 3.30. The molecule has 1 aliphatic rings. The number of unbranched alkanes of at least 4 members (excludes halogenated alkanes) is 1. The van der Waals surface area contributed by atoms with Crippen molar-refractivity contribution in [3.05, 3.63) is 0 Å². The van der Waals surface area contributed by atoms with Crippen LogP contribution in [-0.4, -0.2) is 3.92 Å². The second kappa shape index (κ2) is 3.79. The molecule has 1 saturated carbocycles. The maximum absolute atomic E-state index is 2.56. The van der Waals surface area contributed by atoms with Crippen LogP contribution in [0.5, 0.6) is 0 Å². The van der Waals surface area contributed by atoms with Crippen LogP contribution in [0.2, 0.25) is 0 Å². The Hall–Kier alpha value is 0.730. The highest BCUT2D eigenvalue weighted by Gasteiger charge is 2.25. The normalized spacial score (nSPS) is 34.0. The van der Waals surface area contributed by atoms with Gasteiger partial charge in [-0.1, -0.05) is 48.8 Å². The van der Waals surface area contributed by atoms with Gasteiger partial charge in [-0.25, -0.2) is 0 Å². The molecule has 0 radical (unpaired) electrons. The van der Waals surface area contributed by atoms with Crippen LogP contribution in [0.15, 0.2) is 0 Å². The first-order valence-electron chi connectivity index (χ1n) is 3.97. The summed E-state index contributed by atoms with van der Waals surface area (Å²) in [7, 11) is 0. The fraction of sp³-hybridized carbons (Fsp3) is 1.00. The van der Waals surface area contributed by atoms with Crippen LogP contribution in [0.25, 0.3) is 0 Å². The first-order chi connectivity index (χ1) is 4.33. The molecular formula is C8H15I. The summed E-state index contributed by atoms with van der Waals surface area (Å²) in [6, 6.07) is 0. The average Bonchev–Trinajstić information content (AvgIpc) is 1.78. The molecule has 0 spiro atoms. The van der Waals surface area contributed by atoms with Gasteiger partial charge in [-0.3, -0.25) is 0 Å². The molecule has 9 heavy (non-hydrogen) atoms. The number of halogens is 1. The Morgan fingerprint density at radius 3 is 2.56 bits per heavy atom. The van der Waals surface area contributed by atoms with E-state index in [1.54, 1.807) is 0 Å². The summed E-state index contributed by atoms with van der Waals surface area (Å²) in [5.74, 6) is 1.10. The molecule has 0 aromatic heterocycles. The fourth-order valence-corrected chi connectivity index (χ4v) is 2.82. The Morgan fingerprint density at radius 1 is 1.44 bits per heavy atom. The van der Waals surface area contributed by atoms with E-state index in [0.717, 1.165) is 9.84 Å². The second-order valence-corrected chi connectivity index (χ2v) is 4.84. The molecule has 1 fully saturated rings. The van der Waals surface area contributed by atoms with Gasteiger partial charge in [0.2, 0.25) is 0 Å². The van der Waals surface area contributed by atoms with Crippen molar-refractivity contribution in [1.29, 1.82) is 0 Å². The van der Waals surface area contributed by atoms with Gasteiger partial charge in [-0.15, -0.1) is 0 Å². The molecule has 0 unspecified atom stereocenters. The van der Waals surface area contributed by atoms with E-state index in [4.69, 9.17) is 0 Å². The summed E-state index contributed by atoms with van der Waals surface area (Å²) in [5.41, 5.74) is 0. The van der Waals surface area contributed by atoms with Gasteiger partial charge in [0, 0.05) is 3.92 Å². The van der Waals surface area contributed by atoms with Crippen LogP contribution in [0.3, 0.4) is 0 Å². The molecule has 0 heterocycles. The predicted octanol–water partition coefficient (Wildman–Crippen LogP) is 3.39. The SMILES string of the molecule is CCCCC1CC(I)C1. The van der Waals surface area contributed by atoms with Crippen molar-refractivity contribution >= 4 is 22.6 Å². The number of hydrogen-bond donors (Lipinski definition) is 0. The Morgan fingerprint density at radius 2 is 2.11 bits per heavy atom. The molecule has 0 atom stereocenters. The molecule has 1 rings (SSSR count). The Labute approximate surface area is 71.5 Å². The van der Waals surface area contributed by atoms with E-state index in [1.165, 1.54) is 32.1 Å². The minimum Gasteiger partial charge on any atom is -0.0826 e. The van der Waals surface area contributed by atoms with Crippen molar-refractivity contribution in [2.45, 2.75) is 43.0 Å². The smallest absolute Gasteiger partial charge is 0.0115 e. The standard InChI is InChI=1S/C8H15I/c1-2-3-4-7-5-8(9)6-7/h7-8H,2-6H2,1H3. The molecule has 0 aromatic carbocycles. The summed E-state index contributed by atoms with van der Waals surface area (Å²) in [6.45, 7) is 2.28. The molecule has 1 heteroatoms. The molecular weight excluding hydrogens is 223 g/mol. The number of rotatable bonds is 3. The lowest BCUT2D eigenvalue weighted by atomic mass is 9.82. The average molecular weight is 238 g/mol. The highest BCUT2D eigenvalue weighted by molar-refractivity contribution is 14.1. The summed E-state index contributed by atoms with van der Waals surface area (Å²) < 4.78 is 1.02. The quantitative estimate of drug-likeness (QED) is 0.522. The van der Waals surface area contributed by atoms with Gasteiger partial charge < -0.3 is 0 Å². The van der Waals surface area contributed by atoms with Crippen molar-refractivity contribution < 1.29 is 0 Å². The topological polar surface area (TPSA) is 0 Å². The van der Waals surface area contributed by atoms with Crippen molar-refractivity contribution in [3.8, 4) is 0 Å². The van der Waals surface area contributed by atoms with Crippen molar-refractivity contribution in [2.75, 3.05) is 0 Å². The number of hydrogen-bond acceptors (Lipinski definition) is 0. The maximum atomic E-state index is 2.56. The van der Waals surface area contributed by atoms with Gasteiger partial charge in [0.05, 0.1) is 0 Å². The van der Waals surface area contributed by atoms with Crippen LogP contribution >= 0.6 is 22.6 Å². The molecule has 54 valence electrons. The fourth-order valence-electron chi connectivity index (χ4n) is 1.38. The largest absolute Gasteiger partial charge is 0.0826 e. The van der Waals surface area contributed by atoms with Gasteiger partial charge in [0.25, 0.3) is 0 Å². The van der Waals surface area contributed by atoms with Crippen LogP contribution in [0.4, 0.5) is 0 Å². The minimum absolute atomic E-state index is 1.02. The van der Waals surface area contributed by atoms with E-state index in [9.17, 15) is 0 Å². The molecule has 0 aromatic rings. The van der Waals surface area contributed by atoms with Crippen LogP contribution in [-0.2, 0) is 0 Å². The predicted molar refractivity (Wildman–Crippen MR) is 50.1 cm³/mol. The zero-order valence-electron chi connectivity index (χ0n) is 6.07. The molecule has 0 bridgehead atoms. The second-order valence-electron chi connectivity index (χ2n) is 3.08. The van der Waals surface area contributed by atoms with Gasteiger partial charge in [0.15, 0.2) is 0 Å². The van der Waals surface area contributed by atoms with Gasteiger partial charge in [0.1, 0.15) is 0 Å². The summed E-state index contributed by atoms with van der Waals surface area (Å²) in [5, 5.41) is 0. The zero-order chi connectivity index (χ0) is 6.69. The van der Waals surface area contributed by atoms with Crippen molar-refractivity contribution in [3.63, 3.8) is 0 Å². The first-order valence-corrected chi connectivity index (χ1v) is 5.21. The molecule has 0 amide bonds. The molecule has 1 aliphatic carbocycles. The Balaban J connectivity index is 1.91. The summed E-state index contributed by atoms with van der Waals surface area (Å²) in [4.78, 5) is 0. The minimum atomic E-state index is 1.02. The van der Waals surface area contributed by atoms with E-state index in [2.05, 4.69) is 29.5 Å². The lowest BCUT2D eigenvalue weighted by Gasteiger charge is -2.31. The number of alkyl halides is 1. The lowest BCUT2D eigenvalue weighted by Crippen LogP contribution is -2.22. The van der Waals surface area contributed by atoms with Crippen LogP contribution < -0.4 is 0 Å². The van der Waals surface area contributed by atoms with Crippen molar-refractivity contribution in [2.24, 2.45) is 5.92 Å². The van der Waals surface area contributed by atoms with Gasteiger partial charge in [-0.2, -0.15) is 0 Å². The molecule has 0 N–H and O–H groups in total. The van der Waals surface area contributed by atoms with Gasteiger partial charge >= 0.3 is 0 Å². The monoisotopic (exact) mass is 238 g/mol. The summed E-state index contributed by atoms with van der Waals surface area (Å²) >= 11 is 2.56. The zero-order valence-corrected chi connectivity index (χ0v) is 8.23. The van der Waals surface area contributed by atoms with Crippen molar-refractivity contribution in [1.82, 2.24) is 0 Å². The molecule has 0 saturated heterocycles. The van der Waals surface area contributed by atoms with Gasteiger partial charge in [-0.05, 0) is 18.8 Å². The van der Waals surface area contributed by atoms with E-state index in [1.807, 2.05) is 0 Å². The first kappa shape index (κ1) is 7.83. The highest BCUT2D eigenvalue weighted by atomic mass is 127. The lowest BCUT2D eigenvalue weighted by molar-refractivity contribution is 0.310. The third-order valence-electron chi connectivity index (χ3n) is 2.14. The molecule has 0 nitrogen and oxygen atoms in total. The third-order valence-corrected chi connectivity index (χ3v) is 3.16. The van der Waals surface area contributed by atoms with E-state index in [-0.39, 0.29) is 0 Å². The van der Waals surface area contributed by atoms with E-state index >= 15 is 0 Å². The summed E-state index contributed by atoms with van der Waals surface area (Å²) in [6.07, 6.45) is 7.33. The maximum Gasteiger partial charge on any atom is 0.0115 e.